The van der Waals surface area contributed by atoms with Crippen LogP contribution < -0.4 is 5.56 Å². The van der Waals surface area contributed by atoms with Gasteiger partial charge in [-0.1, -0.05) is 41.9 Å². The molecule has 1 heterocycles. The third-order valence-electron chi connectivity index (χ3n) is 3.50. The van der Waals surface area contributed by atoms with Crippen molar-refractivity contribution in [3.05, 3.63) is 81.1 Å². The molecule has 0 saturated carbocycles. The number of carboxylic acid groups (broad SMARTS) is 1. The second kappa shape index (κ2) is 5.66. The summed E-state index contributed by atoms with van der Waals surface area (Å²) >= 11 is 5.86. The Hall–Kier alpha value is -2.59. The van der Waals surface area contributed by atoms with Gasteiger partial charge in [-0.2, -0.15) is 0 Å². The molecule has 0 unspecified atom stereocenters. The molecule has 4 nitrogen and oxygen atoms in total. The minimum absolute atomic E-state index is 0.0213. The Morgan fingerprint density at radius 1 is 1.09 bits per heavy atom. The van der Waals surface area contributed by atoms with Crippen LogP contribution in [0.5, 0.6) is 0 Å². The summed E-state index contributed by atoms with van der Waals surface area (Å²) in [6.07, 6.45) is 0. The number of para-hydroxylation sites is 1. The van der Waals surface area contributed by atoms with Crippen LogP contribution >= 0.6 is 11.6 Å². The van der Waals surface area contributed by atoms with Gasteiger partial charge >= 0.3 is 5.97 Å². The molecule has 3 rings (SSSR count). The number of nitrogens with zero attached hydrogens (tertiary/aromatic N) is 1. The maximum Gasteiger partial charge on any atom is 0.336 e. The summed E-state index contributed by atoms with van der Waals surface area (Å²) < 4.78 is 1.56. The minimum Gasteiger partial charge on any atom is -0.478 e. The molecule has 0 atom stereocenters. The first-order chi connectivity index (χ1) is 10.6. The molecule has 0 radical (unpaired) electrons. The predicted octanol–water partition coefficient (Wildman–Crippen LogP) is 3.40. The standard InChI is InChI=1S/C17H12ClNO3/c18-12-7-5-11(6-8-12)10-19-15-4-2-1-3-13(15)14(17(21)22)9-16(19)20/h1-9H,10H2,(H,21,22). The van der Waals surface area contributed by atoms with Gasteiger partial charge in [0.15, 0.2) is 0 Å². The number of halogens is 1. The van der Waals surface area contributed by atoms with Gasteiger partial charge in [0, 0.05) is 16.5 Å². The molecule has 0 saturated heterocycles. The van der Waals surface area contributed by atoms with Gasteiger partial charge in [-0.15, -0.1) is 0 Å². The average Bonchev–Trinajstić information content (AvgIpc) is 2.51. The summed E-state index contributed by atoms with van der Waals surface area (Å²) in [5.74, 6) is -1.10. The van der Waals surface area contributed by atoms with Gasteiger partial charge in [0.2, 0.25) is 0 Å². The second-order valence-corrected chi connectivity index (χ2v) is 5.37. The molecular formula is C17H12ClNO3. The Kier molecular flexibility index (Phi) is 3.69. The SMILES string of the molecule is O=C(O)c1cc(=O)n(Cc2ccc(Cl)cc2)c2ccccc12. The summed E-state index contributed by atoms with van der Waals surface area (Å²) in [4.78, 5) is 23.6. The van der Waals surface area contributed by atoms with E-state index in [1.54, 1.807) is 41.0 Å². The fourth-order valence-electron chi connectivity index (χ4n) is 2.45. The molecule has 1 N–H and O–H groups in total. The van der Waals surface area contributed by atoms with E-state index in [2.05, 4.69) is 0 Å². The lowest BCUT2D eigenvalue weighted by molar-refractivity contribution is 0.0698. The van der Waals surface area contributed by atoms with Crippen molar-refractivity contribution in [2.75, 3.05) is 0 Å². The summed E-state index contributed by atoms with van der Waals surface area (Å²) in [5, 5.41) is 10.4. The van der Waals surface area contributed by atoms with Crippen LogP contribution in [0, 0.1) is 0 Å². The Morgan fingerprint density at radius 3 is 2.45 bits per heavy atom. The fourth-order valence-corrected chi connectivity index (χ4v) is 2.57. The van der Waals surface area contributed by atoms with Crippen LogP contribution in [0.4, 0.5) is 0 Å². The van der Waals surface area contributed by atoms with Gasteiger partial charge in [-0.05, 0) is 23.8 Å². The number of pyridine rings is 1. The molecular weight excluding hydrogens is 302 g/mol. The molecule has 3 aromatic rings. The van der Waals surface area contributed by atoms with Crippen LogP contribution in [-0.4, -0.2) is 15.6 Å². The first-order valence-electron chi connectivity index (χ1n) is 6.66. The highest BCUT2D eigenvalue weighted by Crippen LogP contribution is 2.18. The normalized spacial score (nSPS) is 10.8. The quantitative estimate of drug-likeness (QED) is 0.806. The number of carboxylic acids is 1. The fraction of sp³-hybridized carbons (Fsp3) is 0.0588. The van der Waals surface area contributed by atoms with Gasteiger partial charge in [0.25, 0.3) is 5.56 Å². The van der Waals surface area contributed by atoms with E-state index < -0.39 is 5.97 Å². The maximum absolute atomic E-state index is 12.3. The Bertz CT molecular complexity index is 913. The third-order valence-corrected chi connectivity index (χ3v) is 3.76. The molecule has 0 amide bonds. The summed E-state index contributed by atoms with van der Waals surface area (Å²) in [6, 6.07) is 15.4. The topological polar surface area (TPSA) is 59.3 Å². The van der Waals surface area contributed by atoms with Gasteiger partial charge in [0.05, 0.1) is 17.6 Å². The summed E-state index contributed by atoms with van der Waals surface area (Å²) in [7, 11) is 0. The Labute approximate surface area is 131 Å². The van der Waals surface area contributed by atoms with Crippen LogP contribution in [0.1, 0.15) is 15.9 Å². The van der Waals surface area contributed by atoms with E-state index in [0.717, 1.165) is 5.56 Å². The van der Waals surface area contributed by atoms with Crippen molar-refractivity contribution >= 4 is 28.5 Å². The van der Waals surface area contributed by atoms with Crippen molar-refractivity contribution in [2.45, 2.75) is 6.54 Å². The number of carbonyl (C=O) groups is 1. The van der Waals surface area contributed by atoms with Crippen molar-refractivity contribution in [1.29, 1.82) is 0 Å². The van der Waals surface area contributed by atoms with Gasteiger partial charge in [0.1, 0.15) is 0 Å². The highest BCUT2D eigenvalue weighted by atomic mass is 35.5. The zero-order valence-corrected chi connectivity index (χ0v) is 12.2. The number of aromatic nitrogens is 1. The Balaban J connectivity index is 2.20. The van der Waals surface area contributed by atoms with Gasteiger partial charge in [-0.3, -0.25) is 4.79 Å². The number of hydrogen-bond acceptors (Lipinski definition) is 2. The molecule has 0 aliphatic rings. The predicted molar refractivity (Wildman–Crippen MR) is 85.7 cm³/mol. The number of fused-ring (bicyclic) bond motifs is 1. The Morgan fingerprint density at radius 2 is 1.77 bits per heavy atom. The molecule has 110 valence electrons. The highest BCUT2D eigenvalue weighted by Gasteiger charge is 2.13. The molecule has 1 aromatic heterocycles. The van der Waals surface area contributed by atoms with Crippen molar-refractivity contribution in [3.63, 3.8) is 0 Å². The number of hydrogen-bond donors (Lipinski definition) is 1. The van der Waals surface area contributed by atoms with E-state index in [0.29, 0.717) is 22.5 Å². The van der Waals surface area contributed by atoms with Gasteiger partial charge < -0.3 is 9.67 Å². The van der Waals surface area contributed by atoms with Crippen molar-refractivity contribution in [1.82, 2.24) is 4.57 Å². The van der Waals surface area contributed by atoms with E-state index >= 15 is 0 Å². The number of rotatable bonds is 3. The molecule has 0 bridgehead atoms. The molecule has 0 spiro atoms. The lowest BCUT2D eigenvalue weighted by atomic mass is 10.1. The molecule has 22 heavy (non-hydrogen) atoms. The van der Waals surface area contributed by atoms with Crippen LogP contribution in [0.25, 0.3) is 10.9 Å². The molecule has 0 aliphatic heterocycles. The van der Waals surface area contributed by atoms with Gasteiger partial charge in [-0.25, -0.2) is 4.79 Å². The van der Waals surface area contributed by atoms with Crippen LogP contribution in [-0.2, 0) is 6.54 Å². The summed E-state index contributed by atoms with van der Waals surface area (Å²) in [6.45, 7) is 0.358. The van der Waals surface area contributed by atoms with E-state index in [4.69, 9.17) is 11.6 Å². The first kappa shape index (κ1) is 14.4. The largest absolute Gasteiger partial charge is 0.478 e. The van der Waals surface area contributed by atoms with Crippen molar-refractivity contribution in [2.24, 2.45) is 0 Å². The first-order valence-corrected chi connectivity index (χ1v) is 7.04. The minimum atomic E-state index is -1.10. The molecule has 5 heteroatoms. The highest BCUT2D eigenvalue weighted by molar-refractivity contribution is 6.30. The molecule has 0 fully saturated rings. The second-order valence-electron chi connectivity index (χ2n) is 4.93. The van der Waals surface area contributed by atoms with Crippen LogP contribution in [0.3, 0.4) is 0 Å². The van der Waals surface area contributed by atoms with Crippen molar-refractivity contribution < 1.29 is 9.90 Å². The molecule has 2 aromatic carbocycles. The number of aromatic carboxylic acids is 1. The maximum atomic E-state index is 12.3. The lowest BCUT2D eigenvalue weighted by Gasteiger charge is -2.12. The summed E-state index contributed by atoms with van der Waals surface area (Å²) in [5.41, 5.74) is 1.20. The van der Waals surface area contributed by atoms with E-state index in [-0.39, 0.29) is 11.1 Å². The van der Waals surface area contributed by atoms with E-state index in [1.165, 1.54) is 6.07 Å². The lowest BCUT2D eigenvalue weighted by Crippen LogP contribution is -2.22. The van der Waals surface area contributed by atoms with E-state index in [9.17, 15) is 14.7 Å². The smallest absolute Gasteiger partial charge is 0.336 e. The van der Waals surface area contributed by atoms with E-state index in [1.807, 2.05) is 12.1 Å². The monoisotopic (exact) mass is 313 g/mol. The zero-order chi connectivity index (χ0) is 15.7. The third kappa shape index (κ3) is 2.61. The van der Waals surface area contributed by atoms with Crippen LogP contribution in [0.2, 0.25) is 5.02 Å². The average molecular weight is 314 g/mol. The zero-order valence-electron chi connectivity index (χ0n) is 11.5. The number of benzene rings is 2. The van der Waals surface area contributed by atoms with Crippen molar-refractivity contribution in [3.8, 4) is 0 Å². The molecule has 0 aliphatic carbocycles. The van der Waals surface area contributed by atoms with Crippen LogP contribution in [0.15, 0.2) is 59.4 Å².